The van der Waals surface area contributed by atoms with Crippen LogP contribution in [-0.4, -0.2) is 28.6 Å². The minimum atomic E-state index is -0.786. The van der Waals surface area contributed by atoms with Crippen molar-refractivity contribution in [2.24, 2.45) is 0 Å². The number of aliphatic hydroxyl groups is 1. The maximum Gasteiger partial charge on any atom is 0.301 e. The molecule has 1 atom stereocenters. The first-order valence-corrected chi connectivity index (χ1v) is 9.90. The topological polar surface area (TPSA) is 92.9 Å². The molecule has 0 bridgehead atoms. The van der Waals surface area contributed by atoms with Crippen LogP contribution < -0.4 is 9.64 Å². The van der Waals surface area contributed by atoms with Gasteiger partial charge in [0.2, 0.25) is 0 Å². The van der Waals surface area contributed by atoms with Crippen LogP contribution in [0.5, 0.6) is 5.75 Å². The number of aliphatic hydroxyl groups excluding tert-OH is 1. The number of hydrogen-bond donors (Lipinski definition) is 1. The molecule has 1 unspecified atom stereocenters. The summed E-state index contributed by atoms with van der Waals surface area (Å²) in [5.74, 6) is -0.378. The van der Waals surface area contributed by atoms with E-state index in [-0.39, 0.29) is 17.2 Å². The van der Waals surface area contributed by atoms with Gasteiger partial charge in [0.05, 0.1) is 12.2 Å². The lowest BCUT2D eigenvalue weighted by Gasteiger charge is -2.21. The molecule has 0 spiro atoms. The Morgan fingerprint density at radius 2 is 2.03 bits per heavy atom. The first-order chi connectivity index (χ1) is 14.0. The lowest BCUT2D eigenvalue weighted by atomic mass is 10.00. The first-order valence-electron chi connectivity index (χ1n) is 9.02. The van der Waals surface area contributed by atoms with Crippen molar-refractivity contribution in [1.82, 2.24) is 5.16 Å². The molecule has 0 radical (unpaired) electrons. The Balaban J connectivity index is 1.85. The number of ketones is 1. The van der Waals surface area contributed by atoms with Crippen molar-refractivity contribution in [3.8, 4) is 5.75 Å². The predicted molar refractivity (Wildman–Crippen MR) is 108 cm³/mol. The molecule has 1 N–H and O–H groups in total. The number of aryl methyl sites for hydroxylation is 1. The van der Waals surface area contributed by atoms with Gasteiger partial charge in [-0.05, 0) is 49.6 Å². The van der Waals surface area contributed by atoms with Crippen LogP contribution in [0.2, 0.25) is 0 Å². The number of amides is 1. The Kier molecular flexibility index (Phi) is 4.94. The van der Waals surface area contributed by atoms with E-state index in [1.807, 2.05) is 24.4 Å². The molecule has 1 amide bonds. The van der Waals surface area contributed by atoms with Gasteiger partial charge in [0, 0.05) is 16.5 Å². The normalized spacial score (nSPS) is 18.4. The molecule has 3 heterocycles. The van der Waals surface area contributed by atoms with Crippen molar-refractivity contribution in [2.75, 3.05) is 11.5 Å². The smallest absolute Gasteiger partial charge is 0.301 e. The third-order valence-corrected chi connectivity index (χ3v) is 5.48. The van der Waals surface area contributed by atoms with Crippen molar-refractivity contribution >= 4 is 34.6 Å². The third-order valence-electron chi connectivity index (χ3n) is 4.56. The average Bonchev–Trinajstić information content (AvgIpc) is 3.43. The molecule has 0 aliphatic carbocycles. The van der Waals surface area contributed by atoms with E-state index in [2.05, 4.69) is 5.16 Å². The van der Waals surface area contributed by atoms with E-state index in [4.69, 9.17) is 9.26 Å². The highest BCUT2D eigenvalue weighted by Gasteiger charge is 2.48. The Morgan fingerprint density at radius 1 is 1.28 bits per heavy atom. The number of nitrogens with zero attached hydrogens (tertiary/aromatic N) is 2. The molecule has 1 saturated heterocycles. The zero-order chi connectivity index (χ0) is 20.5. The van der Waals surface area contributed by atoms with Crippen LogP contribution in [0.1, 0.15) is 29.2 Å². The first kappa shape index (κ1) is 18.9. The van der Waals surface area contributed by atoms with Crippen LogP contribution >= 0.6 is 11.3 Å². The van der Waals surface area contributed by atoms with Crippen LogP contribution in [0.3, 0.4) is 0 Å². The van der Waals surface area contributed by atoms with Crippen LogP contribution in [0, 0.1) is 6.92 Å². The molecule has 0 saturated carbocycles. The highest BCUT2D eigenvalue weighted by Crippen LogP contribution is 2.43. The molecule has 29 heavy (non-hydrogen) atoms. The van der Waals surface area contributed by atoms with Gasteiger partial charge < -0.3 is 14.4 Å². The fraction of sp³-hybridized carbons (Fsp3) is 0.190. The van der Waals surface area contributed by atoms with Crippen molar-refractivity contribution in [2.45, 2.75) is 19.9 Å². The Morgan fingerprint density at radius 3 is 2.62 bits per heavy atom. The summed E-state index contributed by atoms with van der Waals surface area (Å²) in [6.45, 7) is 4.10. The van der Waals surface area contributed by atoms with E-state index in [0.29, 0.717) is 23.7 Å². The average molecular weight is 410 g/mol. The van der Waals surface area contributed by atoms with Crippen LogP contribution in [-0.2, 0) is 9.59 Å². The molecule has 4 rings (SSSR count). The number of carbonyl (C=O) groups excluding carboxylic acids is 2. The number of hydrogen-bond acceptors (Lipinski definition) is 7. The summed E-state index contributed by atoms with van der Waals surface area (Å²) < 4.78 is 10.5. The largest absolute Gasteiger partial charge is 0.507 e. The molecule has 148 valence electrons. The summed E-state index contributed by atoms with van der Waals surface area (Å²) in [6.07, 6.45) is 0. The number of benzene rings is 1. The second kappa shape index (κ2) is 7.56. The molecule has 7 nitrogen and oxygen atoms in total. The van der Waals surface area contributed by atoms with Crippen molar-refractivity contribution in [3.63, 3.8) is 0 Å². The zero-order valence-corrected chi connectivity index (χ0v) is 16.6. The van der Waals surface area contributed by atoms with Gasteiger partial charge >= 0.3 is 5.91 Å². The predicted octanol–water partition coefficient (Wildman–Crippen LogP) is 4.07. The number of Topliss-reactive ketones (excluding diaryl/α,β-unsaturated/α-hetero) is 1. The van der Waals surface area contributed by atoms with E-state index in [0.717, 1.165) is 4.88 Å². The van der Waals surface area contributed by atoms with Gasteiger partial charge in [-0.1, -0.05) is 11.2 Å². The SMILES string of the molecule is CCOc1ccc(C(O)=C2C(=O)C(=O)N(c3cc(C)on3)C2c2cccs2)cc1. The summed E-state index contributed by atoms with van der Waals surface area (Å²) in [6, 6.07) is 11.1. The molecule has 2 aromatic heterocycles. The summed E-state index contributed by atoms with van der Waals surface area (Å²) in [7, 11) is 0. The lowest BCUT2D eigenvalue weighted by Crippen LogP contribution is -2.29. The summed E-state index contributed by atoms with van der Waals surface area (Å²) in [4.78, 5) is 27.7. The quantitative estimate of drug-likeness (QED) is 0.387. The van der Waals surface area contributed by atoms with Crippen molar-refractivity contribution in [1.29, 1.82) is 0 Å². The molecule has 1 aliphatic heterocycles. The maximum absolute atomic E-state index is 12.9. The van der Waals surface area contributed by atoms with Gasteiger partial charge in [-0.2, -0.15) is 0 Å². The van der Waals surface area contributed by atoms with E-state index < -0.39 is 17.7 Å². The zero-order valence-electron chi connectivity index (χ0n) is 15.8. The van der Waals surface area contributed by atoms with Gasteiger partial charge in [-0.15, -0.1) is 11.3 Å². The highest BCUT2D eigenvalue weighted by atomic mass is 32.1. The molecule has 3 aromatic rings. The van der Waals surface area contributed by atoms with Gasteiger partial charge in [0.15, 0.2) is 5.82 Å². The van der Waals surface area contributed by atoms with Gasteiger partial charge in [-0.25, -0.2) is 0 Å². The number of ether oxygens (including phenoxy) is 1. The van der Waals surface area contributed by atoms with Crippen LogP contribution in [0.15, 0.2) is 57.9 Å². The fourth-order valence-electron chi connectivity index (χ4n) is 3.28. The summed E-state index contributed by atoms with van der Waals surface area (Å²) >= 11 is 1.39. The molecule has 1 aromatic carbocycles. The number of carbonyl (C=O) groups is 2. The Hall–Kier alpha value is -3.39. The number of rotatable bonds is 5. The van der Waals surface area contributed by atoms with Crippen molar-refractivity contribution in [3.05, 3.63) is 69.6 Å². The Labute approximate surface area is 170 Å². The van der Waals surface area contributed by atoms with Gasteiger partial charge in [-0.3, -0.25) is 14.5 Å². The van der Waals surface area contributed by atoms with E-state index in [1.54, 1.807) is 37.3 Å². The van der Waals surface area contributed by atoms with E-state index in [9.17, 15) is 14.7 Å². The Bertz CT molecular complexity index is 1080. The highest BCUT2D eigenvalue weighted by molar-refractivity contribution is 7.10. The van der Waals surface area contributed by atoms with Crippen molar-refractivity contribution < 1.29 is 24.0 Å². The van der Waals surface area contributed by atoms with E-state index in [1.165, 1.54) is 16.2 Å². The minimum absolute atomic E-state index is 0.0160. The van der Waals surface area contributed by atoms with E-state index >= 15 is 0 Å². The monoisotopic (exact) mass is 410 g/mol. The summed E-state index contributed by atoms with van der Waals surface area (Å²) in [5.41, 5.74) is 0.437. The molecule has 1 fully saturated rings. The number of anilines is 1. The third kappa shape index (κ3) is 3.31. The molecular weight excluding hydrogens is 392 g/mol. The maximum atomic E-state index is 12.9. The molecular formula is C21H18N2O5S. The second-order valence-electron chi connectivity index (χ2n) is 6.44. The summed E-state index contributed by atoms with van der Waals surface area (Å²) in [5, 5.41) is 16.7. The van der Waals surface area contributed by atoms with Crippen LogP contribution in [0.25, 0.3) is 5.76 Å². The number of thiophene rings is 1. The minimum Gasteiger partial charge on any atom is -0.507 e. The van der Waals surface area contributed by atoms with Gasteiger partial charge in [0.25, 0.3) is 5.78 Å². The molecule has 8 heteroatoms. The fourth-order valence-corrected chi connectivity index (χ4v) is 4.11. The lowest BCUT2D eigenvalue weighted by molar-refractivity contribution is -0.132. The number of aromatic nitrogens is 1. The molecule has 1 aliphatic rings. The van der Waals surface area contributed by atoms with Crippen LogP contribution in [0.4, 0.5) is 5.82 Å². The van der Waals surface area contributed by atoms with Gasteiger partial charge in [0.1, 0.15) is 23.3 Å². The second-order valence-corrected chi connectivity index (χ2v) is 7.42. The standard InChI is InChI=1S/C21H18N2O5S/c1-3-27-14-8-6-13(7-9-14)19(24)17-18(15-5-4-10-29-15)23(21(26)20(17)25)16-11-12(2)28-22-16/h4-11,18,24H,3H2,1-2H3.